The number of benzene rings is 2. The lowest BCUT2D eigenvalue weighted by Gasteiger charge is -2.30. The Hall–Kier alpha value is -1.99. The van der Waals surface area contributed by atoms with Crippen molar-refractivity contribution in [2.75, 3.05) is 19.4 Å². The number of amides is 2. The zero-order valence-corrected chi connectivity index (χ0v) is 20.8. The van der Waals surface area contributed by atoms with Crippen LogP contribution in [0.25, 0.3) is 0 Å². The van der Waals surface area contributed by atoms with Crippen LogP contribution in [0.15, 0.2) is 53.0 Å². The first-order valence-corrected chi connectivity index (χ1v) is 12.5. The molecule has 0 spiro atoms. The lowest BCUT2D eigenvalue weighted by molar-refractivity contribution is -0.139. The van der Waals surface area contributed by atoms with Gasteiger partial charge in [-0.3, -0.25) is 9.59 Å². The van der Waals surface area contributed by atoms with Crippen molar-refractivity contribution in [2.24, 2.45) is 0 Å². The maximum atomic E-state index is 13.2. The molecule has 1 N–H and O–H groups in total. The molecule has 0 aliphatic heterocycles. The van der Waals surface area contributed by atoms with Gasteiger partial charge < -0.3 is 15.0 Å². The van der Waals surface area contributed by atoms with Crippen molar-refractivity contribution in [3.8, 4) is 5.75 Å². The Morgan fingerprint density at radius 2 is 1.87 bits per heavy atom. The summed E-state index contributed by atoms with van der Waals surface area (Å²) >= 11 is 5.00. The topological polar surface area (TPSA) is 58.6 Å². The van der Waals surface area contributed by atoms with E-state index in [0.29, 0.717) is 25.3 Å². The summed E-state index contributed by atoms with van der Waals surface area (Å²) in [5.41, 5.74) is 2.10. The maximum Gasteiger partial charge on any atom is 0.242 e. The molecule has 0 aliphatic carbocycles. The van der Waals surface area contributed by atoms with Crippen LogP contribution < -0.4 is 10.1 Å². The fraction of sp³-hybridized carbons (Fsp3) is 0.417. The lowest BCUT2D eigenvalue weighted by Crippen LogP contribution is -2.49. The molecule has 0 saturated heterocycles. The first-order valence-electron chi connectivity index (χ1n) is 10.5. The average molecular weight is 507 g/mol. The molecule has 5 nitrogen and oxygen atoms in total. The number of carbonyl (C=O) groups excluding carboxylic acids is 2. The molecule has 0 radical (unpaired) electrons. The van der Waals surface area contributed by atoms with E-state index in [0.717, 1.165) is 33.5 Å². The number of thioether (sulfide) groups is 1. The first kappa shape index (κ1) is 25.3. The minimum Gasteiger partial charge on any atom is -0.497 e. The summed E-state index contributed by atoms with van der Waals surface area (Å²) in [5, 5.41) is 2.95. The second-order valence-corrected chi connectivity index (χ2v) is 9.11. The molecule has 31 heavy (non-hydrogen) atoms. The second-order valence-electron chi connectivity index (χ2n) is 7.21. The van der Waals surface area contributed by atoms with Gasteiger partial charge in [0.15, 0.2) is 0 Å². The SMILES string of the molecule is CCCNC(=O)[C@H](CC)N(Cc1cccc(OC)c1)C(=O)CSCc1ccc(Br)cc1. The number of carbonyl (C=O) groups is 2. The Balaban J connectivity index is 2.12. The molecule has 0 bridgehead atoms. The summed E-state index contributed by atoms with van der Waals surface area (Å²) in [6, 6.07) is 15.2. The number of ether oxygens (including phenoxy) is 1. The zero-order valence-electron chi connectivity index (χ0n) is 18.4. The number of hydrogen-bond donors (Lipinski definition) is 1. The van der Waals surface area contributed by atoms with Crippen LogP contribution in [-0.4, -0.2) is 42.2 Å². The van der Waals surface area contributed by atoms with Gasteiger partial charge in [-0.2, -0.15) is 0 Å². The van der Waals surface area contributed by atoms with E-state index in [2.05, 4.69) is 21.2 Å². The molecule has 2 rings (SSSR count). The van der Waals surface area contributed by atoms with Gasteiger partial charge in [-0.1, -0.05) is 54.0 Å². The molecule has 0 fully saturated rings. The molecule has 0 saturated carbocycles. The van der Waals surface area contributed by atoms with Gasteiger partial charge in [-0.15, -0.1) is 11.8 Å². The molecule has 7 heteroatoms. The molecular formula is C24H31BrN2O3S. The van der Waals surface area contributed by atoms with E-state index in [1.807, 2.05) is 62.4 Å². The van der Waals surface area contributed by atoms with E-state index >= 15 is 0 Å². The third-order valence-corrected chi connectivity index (χ3v) is 6.35. The van der Waals surface area contributed by atoms with Gasteiger partial charge in [0.25, 0.3) is 0 Å². The van der Waals surface area contributed by atoms with Gasteiger partial charge in [-0.25, -0.2) is 0 Å². The summed E-state index contributed by atoms with van der Waals surface area (Å²) in [6.07, 6.45) is 1.41. The predicted molar refractivity (Wildman–Crippen MR) is 131 cm³/mol. The molecule has 1 atom stereocenters. The van der Waals surface area contributed by atoms with E-state index in [4.69, 9.17) is 4.74 Å². The number of rotatable bonds is 12. The molecule has 0 heterocycles. The van der Waals surface area contributed by atoms with Gasteiger partial charge in [0, 0.05) is 23.3 Å². The minimum absolute atomic E-state index is 0.0385. The summed E-state index contributed by atoms with van der Waals surface area (Å²) in [7, 11) is 1.62. The minimum atomic E-state index is -0.501. The van der Waals surface area contributed by atoms with E-state index in [-0.39, 0.29) is 11.8 Å². The highest BCUT2D eigenvalue weighted by Crippen LogP contribution is 2.20. The van der Waals surface area contributed by atoms with Gasteiger partial charge in [0.2, 0.25) is 11.8 Å². The Labute approximate surface area is 198 Å². The smallest absolute Gasteiger partial charge is 0.242 e. The van der Waals surface area contributed by atoms with Crippen molar-refractivity contribution in [1.82, 2.24) is 10.2 Å². The fourth-order valence-corrected chi connectivity index (χ4v) is 4.31. The van der Waals surface area contributed by atoms with Crippen LogP contribution in [0.1, 0.15) is 37.8 Å². The number of halogens is 1. The van der Waals surface area contributed by atoms with E-state index in [1.165, 1.54) is 0 Å². The van der Waals surface area contributed by atoms with Crippen LogP contribution in [0.3, 0.4) is 0 Å². The molecule has 2 amide bonds. The van der Waals surface area contributed by atoms with Crippen molar-refractivity contribution in [3.05, 3.63) is 64.1 Å². The molecule has 0 unspecified atom stereocenters. The summed E-state index contributed by atoms with van der Waals surface area (Å²) in [5.74, 6) is 1.66. The first-order chi connectivity index (χ1) is 15.0. The van der Waals surface area contributed by atoms with Crippen molar-refractivity contribution < 1.29 is 14.3 Å². The predicted octanol–water partition coefficient (Wildman–Crippen LogP) is 5.02. The molecule has 2 aromatic rings. The fourth-order valence-electron chi connectivity index (χ4n) is 3.17. The highest BCUT2D eigenvalue weighted by molar-refractivity contribution is 9.10. The van der Waals surface area contributed by atoms with Crippen molar-refractivity contribution in [1.29, 1.82) is 0 Å². The van der Waals surface area contributed by atoms with Gasteiger partial charge in [0.1, 0.15) is 11.8 Å². The normalized spacial score (nSPS) is 11.6. The highest BCUT2D eigenvalue weighted by Gasteiger charge is 2.28. The van der Waals surface area contributed by atoms with Crippen molar-refractivity contribution in [2.45, 2.75) is 45.0 Å². The number of methoxy groups -OCH3 is 1. The Kier molecular flexibility index (Phi) is 10.9. The summed E-state index contributed by atoms with van der Waals surface area (Å²) in [4.78, 5) is 27.7. The summed E-state index contributed by atoms with van der Waals surface area (Å²) in [6.45, 7) is 4.93. The molecule has 0 aromatic heterocycles. The Bertz CT molecular complexity index is 845. The number of nitrogens with one attached hydrogen (secondary N) is 1. The van der Waals surface area contributed by atoms with Crippen LogP contribution in [0.4, 0.5) is 0 Å². The highest BCUT2D eigenvalue weighted by atomic mass is 79.9. The molecule has 2 aromatic carbocycles. The van der Waals surface area contributed by atoms with Crippen LogP contribution in [0, 0.1) is 0 Å². The van der Waals surface area contributed by atoms with Gasteiger partial charge in [0.05, 0.1) is 12.9 Å². The van der Waals surface area contributed by atoms with Crippen LogP contribution >= 0.6 is 27.7 Å². The zero-order chi connectivity index (χ0) is 22.6. The largest absolute Gasteiger partial charge is 0.497 e. The Morgan fingerprint density at radius 1 is 1.13 bits per heavy atom. The van der Waals surface area contributed by atoms with Crippen LogP contribution in [0.2, 0.25) is 0 Å². The monoisotopic (exact) mass is 506 g/mol. The average Bonchev–Trinajstić information content (AvgIpc) is 2.78. The quantitative estimate of drug-likeness (QED) is 0.438. The number of hydrogen-bond acceptors (Lipinski definition) is 4. The van der Waals surface area contributed by atoms with E-state index in [1.54, 1.807) is 23.8 Å². The molecule has 0 aliphatic rings. The van der Waals surface area contributed by atoms with Gasteiger partial charge in [-0.05, 0) is 48.2 Å². The molecular weight excluding hydrogens is 476 g/mol. The van der Waals surface area contributed by atoms with Crippen LogP contribution in [-0.2, 0) is 21.9 Å². The second kappa shape index (κ2) is 13.4. The third-order valence-electron chi connectivity index (χ3n) is 4.83. The number of nitrogens with zero attached hydrogens (tertiary/aromatic N) is 1. The molecule has 168 valence electrons. The Morgan fingerprint density at radius 3 is 2.52 bits per heavy atom. The lowest BCUT2D eigenvalue weighted by atomic mass is 10.1. The van der Waals surface area contributed by atoms with Crippen molar-refractivity contribution >= 4 is 39.5 Å². The standard InChI is InChI=1S/C24H31BrN2O3S/c1-4-13-26-24(29)22(5-2)27(15-19-7-6-8-21(14-19)30-3)23(28)17-31-16-18-9-11-20(25)12-10-18/h6-12,14,22H,4-5,13,15-17H2,1-3H3,(H,26,29)/t22-/m0/s1. The van der Waals surface area contributed by atoms with Crippen LogP contribution in [0.5, 0.6) is 5.75 Å². The summed E-state index contributed by atoms with van der Waals surface area (Å²) < 4.78 is 6.35. The third kappa shape index (κ3) is 8.22. The maximum absolute atomic E-state index is 13.2. The van der Waals surface area contributed by atoms with E-state index < -0.39 is 6.04 Å². The van der Waals surface area contributed by atoms with Gasteiger partial charge >= 0.3 is 0 Å². The van der Waals surface area contributed by atoms with Crippen molar-refractivity contribution in [3.63, 3.8) is 0 Å². The van der Waals surface area contributed by atoms with E-state index in [9.17, 15) is 9.59 Å².